The fourth-order valence-electron chi connectivity index (χ4n) is 3.39. The number of aromatic nitrogens is 2. The highest BCUT2D eigenvalue weighted by molar-refractivity contribution is 7.99. The second-order valence-corrected chi connectivity index (χ2v) is 8.07. The van der Waals surface area contributed by atoms with Crippen molar-refractivity contribution in [3.05, 3.63) is 77.4 Å². The Morgan fingerprint density at radius 1 is 1.03 bits per heavy atom. The molecule has 4 rings (SSSR count). The van der Waals surface area contributed by atoms with E-state index in [2.05, 4.69) is 49.4 Å². The van der Waals surface area contributed by atoms with E-state index in [0.717, 1.165) is 25.3 Å². The summed E-state index contributed by atoms with van der Waals surface area (Å²) in [6.07, 6.45) is 0.995. The second-order valence-electron chi connectivity index (χ2n) is 7.08. The Bertz CT molecular complexity index is 1070. The monoisotopic (exact) mass is 434 g/mol. The van der Waals surface area contributed by atoms with Gasteiger partial charge in [-0.1, -0.05) is 36.0 Å². The Morgan fingerprint density at radius 3 is 2.52 bits per heavy atom. The first-order valence-electron chi connectivity index (χ1n) is 9.89. The van der Waals surface area contributed by atoms with Gasteiger partial charge in [0.2, 0.25) is 5.91 Å². The number of ether oxygens (including phenoxy) is 1. The van der Waals surface area contributed by atoms with E-state index in [0.29, 0.717) is 16.3 Å². The number of nitrogens with zero attached hydrogens (tertiary/aromatic N) is 3. The van der Waals surface area contributed by atoms with Crippen molar-refractivity contribution in [1.82, 2.24) is 10.2 Å². The minimum Gasteiger partial charge on any atom is -0.465 e. The van der Waals surface area contributed by atoms with Crippen molar-refractivity contribution >= 4 is 35.1 Å². The van der Waals surface area contributed by atoms with E-state index in [1.165, 1.54) is 30.0 Å². The molecule has 0 saturated carbocycles. The van der Waals surface area contributed by atoms with Gasteiger partial charge in [0.25, 0.3) is 0 Å². The summed E-state index contributed by atoms with van der Waals surface area (Å²) in [6, 6.07) is 18.9. The third kappa shape index (κ3) is 5.21. The smallest absolute Gasteiger partial charge is 0.337 e. The van der Waals surface area contributed by atoms with Gasteiger partial charge in [-0.15, -0.1) is 10.2 Å². The molecule has 3 aromatic rings. The molecule has 0 aliphatic carbocycles. The predicted molar refractivity (Wildman–Crippen MR) is 120 cm³/mol. The quantitative estimate of drug-likeness (QED) is 0.469. The Labute approximate surface area is 184 Å². The van der Waals surface area contributed by atoms with Crippen molar-refractivity contribution in [2.24, 2.45) is 0 Å². The Morgan fingerprint density at radius 2 is 1.81 bits per heavy atom. The van der Waals surface area contributed by atoms with Crippen LogP contribution in [0, 0.1) is 0 Å². The van der Waals surface area contributed by atoms with E-state index >= 15 is 0 Å². The molecule has 8 heteroatoms. The number of esters is 1. The average molecular weight is 435 g/mol. The van der Waals surface area contributed by atoms with Crippen LogP contribution in [0.1, 0.15) is 21.5 Å². The lowest BCUT2D eigenvalue weighted by Crippen LogP contribution is -2.31. The van der Waals surface area contributed by atoms with Crippen molar-refractivity contribution in [3.63, 3.8) is 0 Å². The van der Waals surface area contributed by atoms with Crippen LogP contribution in [0.4, 0.5) is 11.5 Å². The summed E-state index contributed by atoms with van der Waals surface area (Å²) in [7, 11) is 1.33. The molecule has 1 aliphatic heterocycles. The Balaban J connectivity index is 1.28. The largest absolute Gasteiger partial charge is 0.465 e. The molecule has 1 aliphatic rings. The van der Waals surface area contributed by atoms with Gasteiger partial charge in [-0.05, 0) is 53.9 Å². The van der Waals surface area contributed by atoms with Crippen molar-refractivity contribution in [2.75, 3.05) is 29.6 Å². The molecule has 0 fully saturated rings. The van der Waals surface area contributed by atoms with Crippen LogP contribution in [-0.4, -0.2) is 41.5 Å². The molecule has 2 heterocycles. The number of anilines is 2. The van der Waals surface area contributed by atoms with Crippen LogP contribution in [0.2, 0.25) is 0 Å². The lowest BCUT2D eigenvalue weighted by Gasteiger charge is -2.29. The molecule has 1 aromatic heterocycles. The number of nitrogens with one attached hydrogen (secondary N) is 1. The Kier molecular flexibility index (Phi) is 6.47. The van der Waals surface area contributed by atoms with Gasteiger partial charge in [0.05, 0.1) is 18.4 Å². The van der Waals surface area contributed by atoms with Crippen LogP contribution in [0.15, 0.2) is 65.7 Å². The molecule has 7 nitrogen and oxygen atoms in total. The van der Waals surface area contributed by atoms with Gasteiger partial charge in [-0.2, -0.15) is 0 Å². The molecule has 1 N–H and O–H groups in total. The molecule has 31 heavy (non-hydrogen) atoms. The molecule has 158 valence electrons. The van der Waals surface area contributed by atoms with Crippen LogP contribution < -0.4 is 10.2 Å². The summed E-state index contributed by atoms with van der Waals surface area (Å²) in [5.74, 6) is 0.483. The molecule has 0 saturated heterocycles. The minimum atomic E-state index is -0.413. The number of carbonyl (C=O) groups excluding carboxylic acids is 2. The van der Waals surface area contributed by atoms with Gasteiger partial charge in [-0.25, -0.2) is 4.79 Å². The molecule has 0 radical (unpaired) electrons. The number of thioether (sulfide) groups is 1. The summed E-state index contributed by atoms with van der Waals surface area (Å²) >= 11 is 1.33. The summed E-state index contributed by atoms with van der Waals surface area (Å²) in [4.78, 5) is 25.9. The molecule has 0 bridgehead atoms. The fourth-order valence-corrected chi connectivity index (χ4v) is 4.01. The average Bonchev–Trinajstić information content (AvgIpc) is 2.83. The maximum atomic E-state index is 12.2. The molecular formula is C23H22N4O3S. The first kappa shape index (κ1) is 20.9. The molecule has 0 atom stereocenters. The zero-order valence-corrected chi connectivity index (χ0v) is 17.9. The van der Waals surface area contributed by atoms with Gasteiger partial charge in [-0.3, -0.25) is 4.79 Å². The lowest BCUT2D eigenvalue weighted by atomic mass is 10.00. The van der Waals surface area contributed by atoms with Crippen LogP contribution in [0.5, 0.6) is 0 Å². The van der Waals surface area contributed by atoms with Crippen molar-refractivity contribution in [1.29, 1.82) is 0 Å². The van der Waals surface area contributed by atoms with E-state index in [1.807, 2.05) is 12.1 Å². The van der Waals surface area contributed by atoms with Gasteiger partial charge in [0.15, 0.2) is 5.82 Å². The van der Waals surface area contributed by atoms with Crippen LogP contribution in [0.3, 0.4) is 0 Å². The highest BCUT2D eigenvalue weighted by Crippen LogP contribution is 2.24. The summed E-state index contributed by atoms with van der Waals surface area (Å²) in [5.41, 5.74) is 3.77. The van der Waals surface area contributed by atoms with Crippen molar-refractivity contribution < 1.29 is 14.3 Å². The van der Waals surface area contributed by atoms with Gasteiger partial charge < -0.3 is 15.0 Å². The SMILES string of the molecule is COC(=O)c1ccc(NC(=O)CSc2ccc(N3CCc4ccccc4C3)nn2)cc1. The molecule has 0 unspecified atom stereocenters. The maximum absolute atomic E-state index is 12.2. The maximum Gasteiger partial charge on any atom is 0.337 e. The highest BCUT2D eigenvalue weighted by atomic mass is 32.2. The number of benzene rings is 2. The molecule has 2 aromatic carbocycles. The number of hydrogen-bond acceptors (Lipinski definition) is 7. The van der Waals surface area contributed by atoms with Crippen LogP contribution >= 0.6 is 11.8 Å². The molecule has 0 spiro atoms. The lowest BCUT2D eigenvalue weighted by molar-refractivity contribution is -0.113. The zero-order valence-electron chi connectivity index (χ0n) is 17.1. The highest BCUT2D eigenvalue weighted by Gasteiger charge is 2.17. The first-order chi connectivity index (χ1) is 15.1. The van der Waals surface area contributed by atoms with Crippen molar-refractivity contribution in [2.45, 2.75) is 18.0 Å². The number of hydrogen-bond donors (Lipinski definition) is 1. The number of fused-ring (bicyclic) bond motifs is 1. The summed E-state index contributed by atoms with van der Waals surface area (Å²) in [6.45, 7) is 1.74. The summed E-state index contributed by atoms with van der Waals surface area (Å²) in [5, 5.41) is 12.1. The Hall–Kier alpha value is -3.39. The number of amides is 1. The number of rotatable bonds is 6. The third-order valence-corrected chi connectivity index (χ3v) is 5.94. The van der Waals surface area contributed by atoms with E-state index < -0.39 is 5.97 Å². The normalized spacial score (nSPS) is 12.7. The molecular weight excluding hydrogens is 412 g/mol. The van der Waals surface area contributed by atoms with E-state index in [4.69, 9.17) is 0 Å². The zero-order chi connectivity index (χ0) is 21.6. The number of methoxy groups -OCH3 is 1. The van der Waals surface area contributed by atoms with Gasteiger partial charge in [0, 0.05) is 18.8 Å². The second kappa shape index (κ2) is 9.61. The number of carbonyl (C=O) groups is 2. The van der Waals surface area contributed by atoms with Gasteiger partial charge in [0.1, 0.15) is 5.03 Å². The minimum absolute atomic E-state index is 0.158. The fraction of sp³-hybridized carbons (Fsp3) is 0.217. The predicted octanol–water partition coefficient (Wildman–Crippen LogP) is 3.56. The van der Waals surface area contributed by atoms with E-state index in [1.54, 1.807) is 24.3 Å². The molecule has 1 amide bonds. The van der Waals surface area contributed by atoms with Crippen LogP contribution in [0.25, 0.3) is 0 Å². The van der Waals surface area contributed by atoms with E-state index in [9.17, 15) is 9.59 Å². The van der Waals surface area contributed by atoms with Gasteiger partial charge >= 0.3 is 5.97 Å². The topological polar surface area (TPSA) is 84.4 Å². The third-order valence-electron chi connectivity index (χ3n) is 5.02. The van der Waals surface area contributed by atoms with E-state index in [-0.39, 0.29) is 11.7 Å². The summed E-state index contributed by atoms with van der Waals surface area (Å²) < 4.78 is 4.66. The van der Waals surface area contributed by atoms with Crippen molar-refractivity contribution in [3.8, 4) is 0 Å². The standard InChI is InChI=1S/C23H22N4O3S/c1-30-23(29)17-6-8-19(9-7-17)24-21(28)15-31-22-11-10-20(25-26-22)27-13-12-16-4-2-3-5-18(16)14-27/h2-11H,12-15H2,1H3,(H,24,28). The first-order valence-corrected chi connectivity index (χ1v) is 10.9. The van der Waals surface area contributed by atoms with Crippen LogP contribution in [-0.2, 0) is 22.5 Å².